The third-order valence-electron chi connectivity index (χ3n) is 4.03. The number of hydrogen-bond acceptors (Lipinski definition) is 5. The molecule has 1 atom stereocenters. The van der Waals surface area contributed by atoms with Gasteiger partial charge in [0.1, 0.15) is 17.6 Å². The fraction of sp³-hybridized carbons (Fsp3) is 0.312. The van der Waals surface area contributed by atoms with Gasteiger partial charge >= 0.3 is 5.97 Å². The standard InChI is InChI=1S/C16H16N2O5/c19-16(20)14-2-1-9-17(14)10-13-7-8-15(23-13)11-3-5-12(6-4-11)18(21)22/h3-8,14H,1-2,9-10H2,(H,19,20). The van der Waals surface area contributed by atoms with Gasteiger partial charge in [0.15, 0.2) is 0 Å². The fourth-order valence-corrected chi connectivity index (χ4v) is 2.86. The highest BCUT2D eigenvalue weighted by molar-refractivity contribution is 5.73. The van der Waals surface area contributed by atoms with E-state index in [2.05, 4.69) is 0 Å². The highest BCUT2D eigenvalue weighted by atomic mass is 16.6. The van der Waals surface area contributed by atoms with E-state index in [4.69, 9.17) is 4.42 Å². The Morgan fingerprint density at radius 3 is 2.70 bits per heavy atom. The van der Waals surface area contributed by atoms with Gasteiger partial charge in [0.25, 0.3) is 5.69 Å². The molecule has 0 radical (unpaired) electrons. The van der Waals surface area contributed by atoms with Crippen molar-refractivity contribution < 1.29 is 19.2 Å². The average molecular weight is 316 g/mol. The van der Waals surface area contributed by atoms with Gasteiger partial charge in [-0.15, -0.1) is 0 Å². The van der Waals surface area contributed by atoms with Crippen LogP contribution in [0.1, 0.15) is 18.6 Å². The van der Waals surface area contributed by atoms with Crippen LogP contribution in [0, 0.1) is 10.1 Å². The number of aliphatic carboxylic acids is 1. The number of carboxylic acids is 1. The zero-order valence-electron chi connectivity index (χ0n) is 12.3. The molecular weight excluding hydrogens is 300 g/mol. The third-order valence-corrected chi connectivity index (χ3v) is 4.03. The van der Waals surface area contributed by atoms with Crippen LogP contribution in [-0.2, 0) is 11.3 Å². The van der Waals surface area contributed by atoms with E-state index in [1.165, 1.54) is 12.1 Å². The van der Waals surface area contributed by atoms with Gasteiger partial charge in [-0.3, -0.25) is 19.8 Å². The van der Waals surface area contributed by atoms with Crippen LogP contribution in [0.5, 0.6) is 0 Å². The van der Waals surface area contributed by atoms with E-state index in [0.29, 0.717) is 24.5 Å². The van der Waals surface area contributed by atoms with E-state index >= 15 is 0 Å². The summed E-state index contributed by atoms with van der Waals surface area (Å²) in [7, 11) is 0. The number of nitrogens with zero attached hydrogens (tertiary/aromatic N) is 2. The van der Waals surface area contributed by atoms with E-state index in [1.807, 2.05) is 11.0 Å². The normalized spacial score (nSPS) is 18.2. The minimum atomic E-state index is -0.801. The molecule has 1 aliphatic heterocycles. The monoisotopic (exact) mass is 316 g/mol. The number of carboxylic acid groups (broad SMARTS) is 1. The number of benzene rings is 1. The maximum Gasteiger partial charge on any atom is 0.320 e. The minimum Gasteiger partial charge on any atom is -0.480 e. The third kappa shape index (κ3) is 3.24. The second-order valence-corrected chi connectivity index (χ2v) is 5.54. The lowest BCUT2D eigenvalue weighted by molar-refractivity contribution is -0.384. The molecule has 0 saturated carbocycles. The van der Waals surface area contributed by atoms with Crippen LogP contribution in [0.25, 0.3) is 11.3 Å². The van der Waals surface area contributed by atoms with E-state index in [0.717, 1.165) is 18.5 Å². The Labute approximate surface area is 132 Å². The van der Waals surface area contributed by atoms with Gasteiger partial charge in [-0.05, 0) is 43.7 Å². The molecule has 1 aromatic carbocycles. The number of likely N-dealkylation sites (tertiary alicyclic amines) is 1. The summed E-state index contributed by atoms with van der Waals surface area (Å²) in [6.45, 7) is 1.19. The predicted molar refractivity (Wildman–Crippen MR) is 81.9 cm³/mol. The van der Waals surface area contributed by atoms with Crippen molar-refractivity contribution in [2.45, 2.75) is 25.4 Å². The zero-order chi connectivity index (χ0) is 16.4. The van der Waals surface area contributed by atoms with Crippen LogP contribution in [0.3, 0.4) is 0 Å². The van der Waals surface area contributed by atoms with E-state index < -0.39 is 16.9 Å². The Morgan fingerprint density at radius 1 is 1.30 bits per heavy atom. The fourth-order valence-electron chi connectivity index (χ4n) is 2.86. The van der Waals surface area contributed by atoms with Crippen molar-refractivity contribution in [1.29, 1.82) is 0 Å². The molecule has 1 N–H and O–H groups in total. The molecule has 1 saturated heterocycles. The van der Waals surface area contributed by atoms with Gasteiger partial charge in [-0.25, -0.2) is 0 Å². The van der Waals surface area contributed by atoms with Gasteiger partial charge in [0.05, 0.1) is 11.5 Å². The smallest absolute Gasteiger partial charge is 0.320 e. The highest BCUT2D eigenvalue weighted by Gasteiger charge is 2.30. The average Bonchev–Trinajstić information content (AvgIpc) is 3.17. The Balaban J connectivity index is 1.73. The molecule has 0 spiro atoms. The van der Waals surface area contributed by atoms with Crippen molar-refractivity contribution in [2.24, 2.45) is 0 Å². The molecule has 1 unspecified atom stereocenters. The van der Waals surface area contributed by atoms with Gasteiger partial charge in [-0.1, -0.05) is 0 Å². The molecule has 0 aliphatic carbocycles. The van der Waals surface area contributed by atoms with Crippen LogP contribution < -0.4 is 0 Å². The molecule has 0 bridgehead atoms. The summed E-state index contributed by atoms with van der Waals surface area (Å²) in [4.78, 5) is 23.3. The van der Waals surface area contributed by atoms with Gasteiger partial charge < -0.3 is 9.52 Å². The summed E-state index contributed by atoms with van der Waals surface area (Å²) in [5.41, 5.74) is 0.778. The maximum atomic E-state index is 11.2. The number of rotatable bonds is 5. The van der Waals surface area contributed by atoms with Gasteiger partial charge in [0, 0.05) is 17.7 Å². The second kappa shape index (κ2) is 6.21. The molecule has 120 valence electrons. The first-order valence-corrected chi connectivity index (χ1v) is 7.35. The lowest BCUT2D eigenvalue weighted by Crippen LogP contribution is -2.35. The molecule has 7 heteroatoms. The quantitative estimate of drug-likeness (QED) is 0.673. The SMILES string of the molecule is O=C(O)C1CCCN1Cc1ccc(-c2ccc([N+](=O)[O-])cc2)o1. The summed E-state index contributed by atoms with van der Waals surface area (Å²) >= 11 is 0. The van der Waals surface area contributed by atoms with Crippen LogP contribution in [0.4, 0.5) is 5.69 Å². The van der Waals surface area contributed by atoms with Crippen molar-refractivity contribution >= 4 is 11.7 Å². The molecule has 1 aromatic heterocycles. The summed E-state index contributed by atoms with van der Waals surface area (Å²) in [5, 5.41) is 19.8. The van der Waals surface area contributed by atoms with Crippen LogP contribution >= 0.6 is 0 Å². The molecule has 2 heterocycles. The number of nitro groups is 1. The van der Waals surface area contributed by atoms with E-state index in [1.54, 1.807) is 18.2 Å². The highest BCUT2D eigenvalue weighted by Crippen LogP contribution is 2.27. The number of nitro benzene ring substituents is 1. The lowest BCUT2D eigenvalue weighted by atomic mass is 10.1. The molecule has 2 aromatic rings. The molecular formula is C16H16N2O5. The first kappa shape index (κ1) is 15.2. The number of non-ortho nitro benzene ring substituents is 1. The van der Waals surface area contributed by atoms with E-state index in [9.17, 15) is 20.0 Å². The molecule has 1 aliphatic rings. The van der Waals surface area contributed by atoms with Crippen LogP contribution in [0.15, 0.2) is 40.8 Å². The molecule has 1 fully saturated rings. The predicted octanol–water partition coefficient (Wildman–Crippen LogP) is 2.90. The van der Waals surface area contributed by atoms with Gasteiger partial charge in [0.2, 0.25) is 0 Å². The van der Waals surface area contributed by atoms with Gasteiger partial charge in [-0.2, -0.15) is 0 Å². The number of furan rings is 1. The zero-order valence-corrected chi connectivity index (χ0v) is 12.3. The first-order valence-electron chi connectivity index (χ1n) is 7.35. The first-order chi connectivity index (χ1) is 11.0. The Bertz CT molecular complexity index is 722. The molecule has 7 nitrogen and oxygen atoms in total. The summed E-state index contributed by atoms with van der Waals surface area (Å²) < 4.78 is 5.76. The lowest BCUT2D eigenvalue weighted by Gasteiger charge is -2.19. The minimum absolute atomic E-state index is 0.0295. The topological polar surface area (TPSA) is 96.8 Å². The van der Waals surface area contributed by atoms with Crippen molar-refractivity contribution in [2.75, 3.05) is 6.54 Å². The van der Waals surface area contributed by atoms with Crippen molar-refractivity contribution in [3.63, 3.8) is 0 Å². The number of hydrogen-bond donors (Lipinski definition) is 1. The van der Waals surface area contributed by atoms with Crippen molar-refractivity contribution in [1.82, 2.24) is 4.90 Å². The largest absolute Gasteiger partial charge is 0.480 e. The maximum absolute atomic E-state index is 11.2. The van der Waals surface area contributed by atoms with E-state index in [-0.39, 0.29) is 5.69 Å². The van der Waals surface area contributed by atoms with Crippen molar-refractivity contribution in [3.8, 4) is 11.3 Å². The Kier molecular flexibility index (Phi) is 4.12. The summed E-state index contributed by atoms with van der Waals surface area (Å²) in [5.74, 6) is 0.497. The summed E-state index contributed by atoms with van der Waals surface area (Å²) in [6, 6.07) is 9.28. The Morgan fingerprint density at radius 2 is 2.04 bits per heavy atom. The van der Waals surface area contributed by atoms with Crippen molar-refractivity contribution in [3.05, 3.63) is 52.3 Å². The number of carbonyl (C=O) groups is 1. The molecule has 0 amide bonds. The van der Waals surface area contributed by atoms with Crippen LogP contribution in [-0.4, -0.2) is 33.5 Å². The molecule has 23 heavy (non-hydrogen) atoms. The molecule has 3 rings (SSSR count). The van der Waals surface area contributed by atoms with Crippen LogP contribution in [0.2, 0.25) is 0 Å². The summed E-state index contributed by atoms with van der Waals surface area (Å²) in [6.07, 6.45) is 1.53. The second-order valence-electron chi connectivity index (χ2n) is 5.54. The Hall–Kier alpha value is -2.67.